The molecule has 0 unspecified atom stereocenters. The maximum Gasteiger partial charge on any atom is 0.220 e. The fraction of sp³-hybridized carbons (Fsp3) is 0.875. The summed E-state index contributed by atoms with van der Waals surface area (Å²) in [6.45, 7) is 13.8. The fourth-order valence-electron chi connectivity index (χ4n) is 1.31. The summed E-state index contributed by atoms with van der Waals surface area (Å²) in [5.41, 5.74) is 0.194. The Labute approximate surface area is 125 Å². The normalized spacial score (nSPS) is 11.5. The maximum atomic E-state index is 11.5. The largest absolute Gasteiger partial charge is 0.356 e. The van der Waals surface area contributed by atoms with Crippen molar-refractivity contribution in [3.8, 4) is 0 Å². The first-order chi connectivity index (χ1) is 8.49. The predicted molar refractivity (Wildman–Crippen MR) is 85.5 cm³/mol. The van der Waals surface area contributed by atoms with E-state index >= 15 is 0 Å². The van der Waals surface area contributed by atoms with Gasteiger partial charge in [0.25, 0.3) is 0 Å². The minimum absolute atomic E-state index is 0. The number of hydrogen-bond acceptors (Lipinski definition) is 2. The molecule has 120 valence electrons. The van der Waals surface area contributed by atoms with Gasteiger partial charge in [0.2, 0.25) is 11.8 Å². The first kappa shape index (κ1) is 21.2. The summed E-state index contributed by atoms with van der Waals surface area (Å²) >= 11 is 0. The quantitative estimate of drug-likeness (QED) is 0.788. The number of carbonyl (C=O) groups is 2. The van der Waals surface area contributed by atoms with Crippen LogP contribution in [0.2, 0.25) is 0 Å². The van der Waals surface area contributed by atoms with Gasteiger partial charge in [0.05, 0.1) is 0 Å². The van der Waals surface area contributed by atoms with E-state index in [1.54, 1.807) is 0 Å². The average molecular weight is 286 g/mol. The monoisotopic (exact) mass is 286 g/mol. The molecule has 0 bridgehead atoms. The molecular weight excluding hydrogens is 252 g/mol. The SMILES string of the molecule is C.CC(C)(C)CNC(=O)CCCC(=O)NCC(C)(C)C. The predicted octanol–water partition coefficient (Wildman–Crippen LogP) is 3.12. The molecule has 0 radical (unpaired) electrons. The van der Waals surface area contributed by atoms with Gasteiger partial charge in [-0.15, -0.1) is 0 Å². The second-order valence-electron chi connectivity index (χ2n) is 7.53. The van der Waals surface area contributed by atoms with E-state index < -0.39 is 0 Å². The van der Waals surface area contributed by atoms with Crippen LogP contribution in [0.5, 0.6) is 0 Å². The first-order valence-electron chi connectivity index (χ1n) is 7.03. The smallest absolute Gasteiger partial charge is 0.220 e. The van der Waals surface area contributed by atoms with Crippen molar-refractivity contribution < 1.29 is 9.59 Å². The molecule has 0 aliphatic rings. The lowest BCUT2D eigenvalue weighted by Gasteiger charge is -2.19. The molecule has 2 N–H and O–H groups in total. The van der Waals surface area contributed by atoms with Gasteiger partial charge < -0.3 is 10.6 Å². The van der Waals surface area contributed by atoms with E-state index in [9.17, 15) is 9.59 Å². The average Bonchev–Trinajstić information content (AvgIpc) is 2.22. The molecule has 2 amide bonds. The minimum atomic E-state index is 0. The van der Waals surface area contributed by atoms with Crippen LogP contribution in [0.4, 0.5) is 0 Å². The highest BCUT2D eigenvalue weighted by Gasteiger charge is 2.13. The Hall–Kier alpha value is -1.06. The highest BCUT2D eigenvalue weighted by atomic mass is 16.2. The lowest BCUT2D eigenvalue weighted by atomic mass is 9.97. The Balaban J connectivity index is 0. The second-order valence-corrected chi connectivity index (χ2v) is 7.53. The van der Waals surface area contributed by atoms with Crippen molar-refractivity contribution in [2.75, 3.05) is 13.1 Å². The van der Waals surface area contributed by atoms with Crippen LogP contribution in [0.25, 0.3) is 0 Å². The lowest BCUT2D eigenvalue weighted by molar-refractivity contribution is -0.122. The summed E-state index contributed by atoms with van der Waals surface area (Å²) in [4.78, 5) is 23.1. The summed E-state index contributed by atoms with van der Waals surface area (Å²) in [7, 11) is 0. The van der Waals surface area contributed by atoms with Crippen molar-refractivity contribution in [3.05, 3.63) is 0 Å². The molecule has 0 aliphatic carbocycles. The van der Waals surface area contributed by atoms with Crippen LogP contribution < -0.4 is 10.6 Å². The van der Waals surface area contributed by atoms with Crippen molar-refractivity contribution in [1.29, 1.82) is 0 Å². The maximum absolute atomic E-state index is 11.5. The number of hydrogen-bond donors (Lipinski definition) is 2. The van der Waals surface area contributed by atoms with E-state index in [0.29, 0.717) is 32.4 Å². The Kier molecular flexibility index (Phi) is 9.54. The summed E-state index contributed by atoms with van der Waals surface area (Å²) in [6, 6.07) is 0. The highest BCUT2D eigenvalue weighted by molar-refractivity contribution is 5.78. The summed E-state index contributed by atoms with van der Waals surface area (Å²) in [6.07, 6.45) is 1.43. The molecule has 0 aromatic rings. The Morgan fingerprint density at radius 2 is 1.05 bits per heavy atom. The van der Waals surface area contributed by atoms with E-state index in [-0.39, 0.29) is 30.1 Å². The van der Waals surface area contributed by atoms with Crippen LogP contribution in [0.15, 0.2) is 0 Å². The third kappa shape index (κ3) is 15.0. The van der Waals surface area contributed by atoms with Crippen LogP contribution in [0.1, 0.15) is 68.2 Å². The fourth-order valence-corrected chi connectivity index (χ4v) is 1.31. The molecule has 4 nitrogen and oxygen atoms in total. The Morgan fingerprint density at radius 1 is 0.750 bits per heavy atom. The van der Waals surface area contributed by atoms with Crippen LogP contribution >= 0.6 is 0 Å². The van der Waals surface area contributed by atoms with Gasteiger partial charge in [0, 0.05) is 25.9 Å². The molecule has 20 heavy (non-hydrogen) atoms. The molecule has 0 aromatic heterocycles. The zero-order valence-corrected chi connectivity index (χ0v) is 13.4. The topological polar surface area (TPSA) is 58.2 Å². The second kappa shape index (κ2) is 8.98. The van der Waals surface area contributed by atoms with E-state index in [0.717, 1.165) is 0 Å². The van der Waals surface area contributed by atoms with Crippen LogP contribution in [0, 0.1) is 10.8 Å². The van der Waals surface area contributed by atoms with Crippen molar-refractivity contribution in [1.82, 2.24) is 10.6 Å². The van der Waals surface area contributed by atoms with Gasteiger partial charge in [-0.1, -0.05) is 49.0 Å². The van der Waals surface area contributed by atoms with E-state index in [2.05, 4.69) is 52.2 Å². The van der Waals surface area contributed by atoms with E-state index in [1.807, 2.05) is 0 Å². The molecule has 0 saturated carbocycles. The van der Waals surface area contributed by atoms with Gasteiger partial charge in [-0.25, -0.2) is 0 Å². The molecule has 0 spiro atoms. The molecule has 0 fully saturated rings. The molecule has 0 saturated heterocycles. The summed E-state index contributed by atoms with van der Waals surface area (Å²) in [5, 5.41) is 5.76. The third-order valence-electron chi connectivity index (χ3n) is 2.44. The number of nitrogens with one attached hydrogen (secondary N) is 2. The highest BCUT2D eigenvalue weighted by Crippen LogP contribution is 2.11. The first-order valence-corrected chi connectivity index (χ1v) is 7.03. The molecular formula is C16H34N2O2. The molecule has 0 aromatic carbocycles. The van der Waals surface area contributed by atoms with Crippen molar-refractivity contribution in [3.63, 3.8) is 0 Å². The standard InChI is InChI=1S/C15H30N2O2.CH4/c1-14(2,3)10-16-12(18)8-7-9-13(19)17-11-15(4,5)6;/h7-11H2,1-6H3,(H,16,18)(H,17,19);1H4. The van der Waals surface area contributed by atoms with E-state index in [4.69, 9.17) is 0 Å². The summed E-state index contributed by atoms with van der Waals surface area (Å²) in [5.74, 6) is 0.0529. The number of carbonyl (C=O) groups excluding carboxylic acids is 2. The zero-order valence-electron chi connectivity index (χ0n) is 13.4. The van der Waals surface area contributed by atoms with Crippen LogP contribution in [0.3, 0.4) is 0 Å². The van der Waals surface area contributed by atoms with Crippen LogP contribution in [-0.4, -0.2) is 24.9 Å². The molecule has 0 atom stereocenters. The third-order valence-corrected chi connectivity index (χ3v) is 2.44. The van der Waals surface area contributed by atoms with Gasteiger partial charge in [-0.2, -0.15) is 0 Å². The van der Waals surface area contributed by atoms with Gasteiger partial charge in [-0.3, -0.25) is 9.59 Å². The van der Waals surface area contributed by atoms with Crippen LogP contribution in [-0.2, 0) is 9.59 Å². The molecule has 0 aliphatic heterocycles. The molecule has 4 heteroatoms. The minimum Gasteiger partial charge on any atom is -0.356 e. The molecule has 0 rings (SSSR count). The molecule has 0 heterocycles. The Bertz CT molecular complexity index is 269. The van der Waals surface area contributed by atoms with Crippen molar-refractivity contribution in [2.24, 2.45) is 10.8 Å². The van der Waals surface area contributed by atoms with Gasteiger partial charge in [0.1, 0.15) is 0 Å². The summed E-state index contributed by atoms with van der Waals surface area (Å²) < 4.78 is 0. The number of amides is 2. The number of rotatable bonds is 6. The Morgan fingerprint density at radius 3 is 1.30 bits per heavy atom. The van der Waals surface area contributed by atoms with Crippen molar-refractivity contribution in [2.45, 2.75) is 68.2 Å². The van der Waals surface area contributed by atoms with Gasteiger partial charge in [-0.05, 0) is 17.3 Å². The van der Waals surface area contributed by atoms with Gasteiger partial charge >= 0.3 is 0 Å². The zero-order chi connectivity index (χ0) is 15.1. The lowest BCUT2D eigenvalue weighted by Crippen LogP contribution is -2.33. The van der Waals surface area contributed by atoms with Gasteiger partial charge in [0.15, 0.2) is 0 Å². The van der Waals surface area contributed by atoms with Crippen molar-refractivity contribution >= 4 is 11.8 Å². The van der Waals surface area contributed by atoms with E-state index in [1.165, 1.54) is 0 Å².